The van der Waals surface area contributed by atoms with E-state index in [1.54, 1.807) is 4.90 Å². The minimum atomic E-state index is -0.0935. The van der Waals surface area contributed by atoms with Gasteiger partial charge in [-0.3, -0.25) is 9.69 Å². The van der Waals surface area contributed by atoms with E-state index in [0.717, 1.165) is 16.9 Å². The van der Waals surface area contributed by atoms with Gasteiger partial charge >= 0.3 is 6.03 Å². The summed E-state index contributed by atoms with van der Waals surface area (Å²) in [6.07, 6.45) is 0. The highest BCUT2D eigenvalue weighted by molar-refractivity contribution is 5.92. The maximum atomic E-state index is 12.4. The van der Waals surface area contributed by atoms with Crippen LogP contribution in [0.25, 0.3) is 0 Å². The fraction of sp³-hybridized carbons (Fsp3) is 0.300. The quantitative estimate of drug-likeness (QED) is 0.889. The van der Waals surface area contributed by atoms with E-state index < -0.39 is 0 Å². The van der Waals surface area contributed by atoms with Gasteiger partial charge in [0.2, 0.25) is 5.91 Å². The first kappa shape index (κ1) is 17.9. The lowest BCUT2D eigenvalue weighted by atomic mass is 10.2. The molecule has 1 aliphatic heterocycles. The Morgan fingerprint density at radius 1 is 0.885 bits per heavy atom. The fourth-order valence-corrected chi connectivity index (χ4v) is 2.96. The first-order valence-electron chi connectivity index (χ1n) is 8.80. The normalized spacial score (nSPS) is 14.7. The smallest absolute Gasteiger partial charge is 0.321 e. The van der Waals surface area contributed by atoms with Crippen LogP contribution in [0.3, 0.4) is 0 Å². The molecule has 0 aliphatic carbocycles. The zero-order valence-corrected chi connectivity index (χ0v) is 14.9. The molecule has 0 radical (unpaired) electrons. The Labute approximate surface area is 153 Å². The average molecular weight is 352 g/mol. The minimum Gasteiger partial charge on any atom is -0.325 e. The van der Waals surface area contributed by atoms with Crippen molar-refractivity contribution in [3.63, 3.8) is 0 Å². The van der Waals surface area contributed by atoms with Crippen LogP contribution in [0.1, 0.15) is 5.56 Å². The van der Waals surface area contributed by atoms with Gasteiger partial charge in [0.25, 0.3) is 0 Å². The molecule has 6 nitrogen and oxygen atoms in total. The average Bonchev–Trinajstić information content (AvgIpc) is 2.63. The van der Waals surface area contributed by atoms with Crippen molar-refractivity contribution in [1.29, 1.82) is 0 Å². The number of hydrogen-bond acceptors (Lipinski definition) is 3. The zero-order valence-electron chi connectivity index (χ0n) is 14.9. The van der Waals surface area contributed by atoms with Crippen LogP contribution in [0.15, 0.2) is 54.6 Å². The Bertz CT molecular complexity index is 755. The van der Waals surface area contributed by atoms with Crippen LogP contribution >= 0.6 is 0 Å². The third kappa shape index (κ3) is 5.07. The summed E-state index contributed by atoms with van der Waals surface area (Å²) < 4.78 is 0. The lowest BCUT2D eigenvalue weighted by molar-refractivity contribution is -0.117. The molecule has 3 amide bonds. The highest BCUT2D eigenvalue weighted by atomic mass is 16.2. The number of nitrogens with zero attached hydrogens (tertiary/aromatic N) is 2. The van der Waals surface area contributed by atoms with Gasteiger partial charge in [0, 0.05) is 37.6 Å². The Kier molecular flexibility index (Phi) is 5.86. The van der Waals surface area contributed by atoms with Gasteiger partial charge in [0.15, 0.2) is 0 Å². The summed E-state index contributed by atoms with van der Waals surface area (Å²) >= 11 is 0. The fourth-order valence-electron chi connectivity index (χ4n) is 2.96. The van der Waals surface area contributed by atoms with Crippen LogP contribution in [-0.2, 0) is 4.79 Å². The third-order valence-electron chi connectivity index (χ3n) is 4.35. The van der Waals surface area contributed by atoms with Crippen LogP contribution in [0, 0.1) is 6.92 Å². The van der Waals surface area contributed by atoms with Crippen LogP contribution in [-0.4, -0.2) is 54.5 Å². The van der Waals surface area contributed by atoms with Crippen molar-refractivity contribution >= 4 is 23.3 Å². The van der Waals surface area contributed by atoms with Gasteiger partial charge in [0.1, 0.15) is 0 Å². The first-order valence-corrected chi connectivity index (χ1v) is 8.80. The van der Waals surface area contributed by atoms with E-state index in [4.69, 9.17) is 0 Å². The summed E-state index contributed by atoms with van der Waals surface area (Å²) in [5.74, 6) is -0.0335. The number of rotatable bonds is 4. The number of anilines is 2. The van der Waals surface area contributed by atoms with Crippen molar-refractivity contribution in [2.24, 2.45) is 0 Å². The number of amides is 3. The van der Waals surface area contributed by atoms with Crippen molar-refractivity contribution in [3.8, 4) is 0 Å². The third-order valence-corrected chi connectivity index (χ3v) is 4.35. The van der Waals surface area contributed by atoms with E-state index >= 15 is 0 Å². The number of piperazine rings is 1. The van der Waals surface area contributed by atoms with Gasteiger partial charge < -0.3 is 15.5 Å². The van der Waals surface area contributed by atoms with Crippen LogP contribution in [0.4, 0.5) is 16.2 Å². The topological polar surface area (TPSA) is 64.7 Å². The number of carbonyl (C=O) groups excluding carboxylic acids is 2. The summed E-state index contributed by atoms with van der Waals surface area (Å²) in [7, 11) is 0. The molecule has 0 unspecified atom stereocenters. The summed E-state index contributed by atoms with van der Waals surface area (Å²) in [6, 6.07) is 17.1. The number of hydrogen-bond donors (Lipinski definition) is 2. The Hall–Kier alpha value is -2.86. The molecule has 0 aromatic heterocycles. The van der Waals surface area contributed by atoms with E-state index in [2.05, 4.69) is 15.5 Å². The molecule has 26 heavy (non-hydrogen) atoms. The SMILES string of the molecule is Cc1cccc(NC(=O)N2CCN(CC(=O)Nc3ccccc3)CC2)c1. The van der Waals surface area contributed by atoms with E-state index in [9.17, 15) is 9.59 Å². The standard InChI is InChI=1S/C20H24N4O2/c1-16-6-5-9-18(14-16)22-20(26)24-12-10-23(11-13-24)15-19(25)21-17-7-3-2-4-8-17/h2-9,14H,10-13,15H2,1H3,(H,21,25)(H,22,26). The summed E-state index contributed by atoms with van der Waals surface area (Å²) in [4.78, 5) is 28.3. The van der Waals surface area contributed by atoms with Crippen molar-refractivity contribution < 1.29 is 9.59 Å². The molecule has 2 aromatic carbocycles. The van der Waals surface area contributed by atoms with Crippen molar-refractivity contribution in [1.82, 2.24) is 9.80 Å². The summed E-state index contributed by atoms with van der Waals surface area (Å²) in [5, 5.41) is 5.82. The van der Waals surface area contributed by atoms with Crippen molar-refractivity contribution in [2.75, 3.05) is 43.4 Å². The first-order chi connectivity index (χ1) is 12.6. The van der Waals surface area contributed by atoms with Gasteiger partial charge in [-0.05, 0) is 36.8 Å². The number of para-hydroxylation sites is 1. The minimum absolute atomic E-state index is 0.0335. The molecule has 0 bridgehead atoms. The lowest BCUT2D eigenvalue weighted by Crippen LogP contribution is -2.51. The molecule has 2 aromatic rings. The van der Waals surface area contributed by atoms with Crippen LogP contribution < -0.4 is 10.6 Å². The maximum absolute atomic E-state index is 12.4. The molecule has 2 N–H and O–H groups in total. The molecule has 1 aliphatic rings. The van der Waals surface area contributed by atoms with Gasteiger partial charge in [-0.15, -0.1) is 0 Å². The number of carbonyl (C=O) groups is 2. The molecule has 136 valence electrons. The number of urea groups is 1. The second kappa shape index (κ2) is 8.49. The monoisotopic (exact) mass is 352 g/mol. The van der Waals surface area contributed by atoms with Crippen LogP contribution in [0.5, 0.6) is 0 Å². The molecular formula is C20H24N4O2. The lowest BCUT2D eigenvalue weighted by Gasteiger charge is -2.34. The number of aryl methyl sites for hydroxylation is 1. The predicted molar refractivity (Wildman–Crippen MR) is 103 cm³/mol. The highest BCUT2D eigenvalue weighted by Crippen LogP contribution is 2.12. The van der Waals surface area contributed by atoms with Gasteiger partial charge in [-0.1, -0.05) is 30.3 Å². The van der Waals surface area contributed by atoms with Gasteiger partial charge in [0.05, 0.1) is 6.54 Å². The Balaban J connectivity index is 1.43. The van der Waals surface area contributed by atoms with E-state index in [0.29, 0.717) is 32.7 Å². The van der Waals surface area contributed by atoms with Crippen molar-refractivity contribution in [3.05, 3.63) is 60.2 Å². The van der Waals surface area contributed by atoms with E-state index in [-0.39, 0.29) is 11.9 Å². The summed E-state index contributed by atoms with van der Waals surface area (Å²) in [5.41, 5.74) is 2.71. The zero-order chi connectivity index (χ0) is 18.4. The molecule has 3 rings (SSSR count). The summed E-state index contributed by atoms with van der Waals surface area (Å²) in [6.45, 7) is 4.91. The van der Waals surface area contributed by atoms with Crippen molar-refractivity contribution in [2.45, 2.75) is 6.92 Å². The second-order valence-corrected chi connectivity index (χ2v) is 6.48. The van der Waals surface area contributed by atoms with Gasteiger partial charge in [-0.25, -0.2) is 4.79 Å². The number of nitrogens with one attached hydrogen (secondary N) is 2. The highest BCUT2D eigenvalue weighted by Gasteiger charge is 2.22. The predicted octanol–water partition coefficient (Wildman–Crippen LogP) is 2.78. The largest absolute Gasteiger partial charge is 0.325 e. The van der Waals surface area contributed by atoms with E-state index in [1.165, 1.54) is 0 Å². The van der Waals surface area contributed by atoms with Crippen LogP contribution in [0.2, 0.25) is 0 Å². The van der Waals surface area contributed by atoms with E-state index in [1.807, 2.05) is 61.5 Å². The molecule has 1 fully saturated rings. The molecule has 0 saturated carbocycles. The molecule has 0 atom stereocenters. The number of benzene rings is 2. The maximum Gasteiger partial charge on any atom is 0.321 e. The molecule has 6 heteroatoms. The Morgan fingerprint density at radius 3 is 2.27 bits per heavy atom. The van der Waals surface area contributed by atoms with Gasteiger partial charge in [-0.2, -0.15) is 0 Å². The molecule has 1 saturated heterocycles. The molecular weight excluding hydrogens is 328 g/mol. The Morgan fingerprint density at radius 2 is 1.58 bits per heavy atom. The molecule has 0 spiro atoms. The molecule has 1 heterocycles. The second-order valence-electron chi connectivity index (χ2n) is 6.48.